The van der Waals surface area contributed by atoms with E-state index >= 15 is 0 Å². The molecule has 1 fully saturated rings. The third-order valence-corrected chi connectivity index (χ3v) is 5.21. The first-order valence-corrected chi connectivity index (χ1v) is 9.87. The molecule has 0 amide bonds. The monoisotopic (exact) mass is 489 g/mol. The summed E-state index contributed by atoms with van der Waals surface area (Å²) in [6.45, 7) is 10.9. The minimum Gasteiger partial charge on any atom is -0.364 e. The highest BCUT2D eigenvalue weighted by atomic mass is 127. The summed E-state index contributed by atoms with van der Waals surface area (Å²) >= 11 is 1.75. The lowest BCUT2D eigenvalue weighted by atomic mass is 10.1. The summed E-state index contributed by atoms with van der Waals surface area (Å²) in [6.07, 6.45) is 1.64. The molecular weight excluding hydrogens is 461 g/mol. The molecule has 2 aromatic rings. The lowest BCUT2D eigenvalue weighted by molar-refractivity contribution is 0.169. The maximum atomic E-state index is 4.92. The number of nitrogens with zero attached hydrogens (tertiary/aromatic N) is 4. The number of rotatable bonds is 6. The van der Waals surface area contributed by atoms with E-state index in [1.54, 1.807) is 17.6 Å². The first-order valence-electron chi connectivity index (χ1n) is 8.93. The van der Waals surface area contributed by atoms with E-state index < -0.39 is 0 Å². The van der Waals surface area contributed by atoms with Crippen molar-refractivity contribution in [3.05, 3.63) is 40.4 Å². The Kier molecular flexibility index (Phi) is 8.86. The Balaban J connectivity index is 0.00000243. The van der Waals surface area contributed by atoms with Crippen molar-refractivity contribution in [3.8, 4) is 0 Å². The lowest BCUT2D eigenvalue weighted by Crippen LogP contribution is -2.52. The van der Waals surface area contributed by atoms with E-state index in [0.717, 1.165) is 57.5 Å². The van der Waals surface area contributed by atoms with Crippen molar-refractivity contribution < 1.29 is 4.52 Å². The smallest absolute Gasteiger partial charge is 0.194 e. The van der Waals surface area contributed by atoms with Gasteiger partial charge < -0.3 is 14.7 Å². The van der Waals surface area contributed by atoms with Gasteiger partial charge in [-0.25, -0.2) is 0 Å². The Hall–Kier alpha value is -1.13. The summed E-state index contributed by atoms with van der Waals surface area (Å²) < 4.78 is 4.92. The Morgan fingerprint density at radius 3 is 2.77 bits per heavy atom. The van der Waals surface area contributed by atoms with Gasteiger partial charge in [-0.3, -0.25) is 9.89 Å². The Morgan fingerprint density at radius 2 is 2.15 bits per heavy atom. The van der Waals surface area contributed by atoms with Gasteiger partial charge in [0.15, 0.2) is 5.96 Å². The molecule has 1 aliphatic heterocycles. The molecule has 0 bridgehead atoms. The van der Waals surface area contributed by atoms with Crippen LogP contribution in [0.3, 0.4) is 0 Å². The average molecular weight is 489 g/mol. The number of aliphatic imine (C=N–C) groups is 1. The molecule has 1 aliphatic rings. The molecular formula is C18H28IN5OS. The molecule has 3 rings (SSSR count). The van der Waals surface area contributed by atoms with E-state index in [1.165, 1.54) is 5.56 Å². The van der Waals surface area contributed by atoms with Crippen molar-refractivity contribution in [2.45, 2.75) is 26.3 Å². The molecule has 0 aromatic carbocycles. The van der Waals surface area contributed by atoms with Crippen molar-refractivity contribution in [3.63, 3.8) is 0 Å². The first-order chi connectivity index (χ1) is 12.3. The maximum Gasteiger partial charge on any atom is 0.194 e. The van der Waals surface area contributed by atoms with Gasteiger partial charge in [-0.1, -0.05) is 12.1 Å². The number of aromatic nitrogens is 1. The van der Waals surface area contributed by atoms with Crippen LogP contribution >= 0.6 is 35.3 Å². The van der Waals surface area contributed by atoms with E-state index in [-0.39, 0.29) is 24.0 Å². The molecule has 2 aromatic heterocycles. The van der Waals surface area contributed by atoms with Gasteiger partial charge in [0.1, 0.15) is 6.26 Å². The van der Waals surface area contributed by atoms with E-state index in [4.69, 9.17) is 9.52 Å². The summed E-state index contributed by atoms with van der Waals surface area (Å²) in [7, 11) is 0. The molecule has 3 heterocycles. The molecule has 0 saturated carbocycles. The van der Waals surface area contributed by atoms with Crippen molar-refractivity contribution in [2.75, 3.05) is 39.3 Å². The van der Waals surface area contributed by atoms with Crippen molar-refractivity contribution >= 4 is 41.3 Å². The lowest BCUT2D eigenvalue weighted by Gasteiger charge is -2.36. The molecule has 26 heavy (non-hydrogen) atoms. The van der Waals surface area contributed by atoms with Crippen LogP contribution in [0.25, 0.3) is 0 Å². The summed E-state index contributed by atoms with van der Waals surface area (Å²) in [5, 5.41) is 11.8. The highest BCUT2D eigenvalue weighted by Crippen LogP contribution is 2.18. The van der Waals surface area contributed by atoms with Gasteiger partial charge in [0, 0.05) is 57.8 Å². The van der Waals surface area contributed by atoms with Crippen LogP contribution in [0.15, 0.2) is 38.7 Å². The quantitative estimate of drug-likeness (QED) is 0.384. The second-order valence-corrected chi connectivity index (χ2v) is 7.19. The maximum absolute atomic E-state index is 4.92. The number of halogens is 1. The number of hydrogen-bond acceptors (Lipinski definition) is 5. The Morgan fingerprint density at radius 1 is 1.35 bits per heavy atom. The second-order valence-electron chi connectivity index (χ2n) is 6.41. The second kappa shape index (κ2) is 10.9. The minimum absolute atomic E-state index is 0. The van der Waals surface area contributed by atoms with Crippen LogP contribution in [-0.2, 0) is 6.54 Å². The predicted molar refractivity (Wildman–Crippen MR) is 117 cm³/mol. The molecule has 8 heteroatoms. The van der Waals surface area contributed by atoms with Crippen molar-refractivity contribution in [1.82, 2.24) is 20.3 Å². The van der Waals surface area contributed by atoms with Crippen molar-refractivity contribution in [2.24, 2.45) is 4.99 Å². The topological polar surface area (TPSA) is 56.9 Å². The van der Waals surface area contributed by atoms with Gasteiger partial charge in [0.2, 0.25) is 0 Å². The molecule has 1 N–H and O–H groups in total. The minimum atomic E-state index is 0. The van der Waals surface area contributed by atoms with Crippen LogP contribution in [-0.4, -0.2) is 60.2 Å². The van der Waals surface area contributed by atoms with Gasteiger partial charge in [0.05, 0.1) is 5.69 Å². The normalized spacial score (nSPS) is 17.0. The molecule has 1 unspecified atom stereocenters. The van der Waals surface area contributed by atoms with Crippen LogP contribution < -0.4 is 5.32 Å². The Bertz CT molecular complexity index is 639. The largest absolute Gasteiger partial charge is 0.364 e. The standard InChI is InChI=1S/C18H27N5OS.HI/c1-3-19-18(20-12-15(2)16-5-11-25-14-16)23-8-6-22(7-9-23)13-17-4-10-24-21-17;/h4-5,10-11,14-15H,3,6-9,12-13H2,1-2H3,(H,19,20);1H. The molecule has 0 radical (unpaired) electrons. The van der Waals surface area contributed by atoms with Crippen LogP contribution in [0.4, 0.5) is 0 Å². The number of piperazine rings is 1. The van der Waals surface area contributed by atoms with E-state index in [0.29, 0.717) is 5.92 Å². The summed E-state index contributed by atoms with van der Waals surface area (Å²) in [6, 6.07) is 4.13. The average Bonchev–Trinajstić information content (AvgIpc) is 3.33. The van der Waals surface area contributed by atoms with Crippen LogP contribution in [0.5, 0.6) is 0 Å². The van der Waals surface area contributed by atoms with Gasteiger partial charge in [-0.15, -0.1) is 24.0 Å². The fraction of sp³-hybridized carbons (Fsp3) is 0.556. The van der Waals surface area contributed by atoms with Crippen molar-refractivity contribution in [1.29, 1.82) is 0 Å². The fourth-order valence-corrected chi connectivity index (χ4v) is 3.76. The molecule has 6 nitrogen and oxygen atoms in total. The highest BCUT2D eigenvalue weighted by Gasteiger charge is 2.20. The zero-order valence-corrected chi connectivity index (χ0v) is 18.6. The number of thiophene rings is 1. The first kappa shape index (κ1) is 21.2. The molecule has 144 valence electrons. The summed E-state index contributed by atoms with van der Waals surface area (Å²) in [5.41, 5.74) is 2.38. The predicted octanol–water partition coefficient (Wildman–Crippen LogP) is 3.24. The van der Waals surface area contributed by atoms with Gasteiger partial charge >= 0.3 is 0 Å². The van der Waals surface area contributed by atoms with Crippen LogP contribution in [0, 0.1) is 0 Å². The molecule has 1 saturated heterocycles. The zero-order valence-electron chi connectivity index (χ0n) is 15.4. The van der Waals surface area contributed by atoms with E-state index in [9.17, 15) is 0 Å². The Labute approximate surface area is 176 Å². The highest BCUT2D eigenvalue weighted by molar-refractivity contribution is 14.0. The molecule has 0 spiro atoms. The molecule has 0 aliphatic carbocycles. The number of hydrogen-bond donors (Lipinski definition) is 1. The van der Waals surface area contributed by atoms with E-state index in [2.05, 4.69) is 50.9 Å². The SMILES string of the molecule is CCNC(=NCC(C)c1ccsc1)N1CCN(Cc2ccon2)CC1.I. The van der Waals surface area contributed by atoms with Crippen LogP contribution in [0.1, 0.15) is 31.0 Å². The number of guanidine groups is 1. The van der Waals surface area contributed by atoms with Crippen LogP contribution in [0.2, 0.25) is 0 Å². The fourth-order valence-electron chi connectivity index (χ4n) is 2.98. The van der Waals surface area contributed by atoms with E-state index in [1.807, 2.05) is 6.07 Å². The number of nitrogens with one attached hydrogen (secondary N) is 1. The third kappa shape index (κ3) is 5.95. The summed E-state index contributed by atoms with van der Waals surface area (Å²) in [5.74, 6) is 1.49. The van der Waals surface area contributed by atoms with Gasteiger partial charge in [0.25, 0.3) is 0 Å². The van der Waals surface area contributed by atoms with Gasteiger partial charge in [-0.2, -0.15) is 11.3 Å². The summed E-state index contributed by atoms with van der Waals surface area (Å²) in [4.78, 5) is 9.66. The third-order valence-electron chi connectivity index (χ3n) is 4.51. The zero-order chi connectivity index (χ0) is 17.5. The van der Waals surface area contributed by atoms with Gasteiger partial charge in [-0.05, 0) is 29.3 Å². The molecule has 1 atom stereocenters.